The first-order valence-electron chi connectivity index (χ1n) is 4.69. The standard InChI is InChI=1S/C9H18N2O/c1-7(2)12-11-9(10)8-5-3-4-6-8/h7-8H,3-6H2,1-2H3,(H2,10,11). The number of nitrogens with two attached hydrogens (primary N) is 1. The van der Waals surface area contributed by atoms with E-state index in [1.54, 1.807) is 0 Å². The summed E-state index contributed by atoms with van der Waals surface area (Å²) < 4.78 is 0. The Bertz CT molecular complexity index is 160. The van der Waals surface area contributed by atoms with Gasteiger partial charge in [0.2, 0.25) is 0 Å². The van der Waals surface area contributed by atoms with Crippen LogP contribution in [0.4, 0.5) is 0 Å². The second-order valence-corrected chi connectivity index (χ2v) is 3.65. The highest BCUT2D eigenvalue weighted by Gasteiger charge is 2.18. The zero-order chi connectivity index (χ0) is 8.97. The van der Waals surface area contributed by atoms with Gasteiger partial charge in [-0.1, -0.05) is 18.0 Å². The van der Waals surface area contributed by atoms with E-state index in [-0.39, 0.29) is 6.10 Å². The molecule has 0 spiro atoms. The SMILES string of the molecule is CC(C)O/N=C(\N)C1CCCC1. The van der Waals surface area contributed by atoms with Crippen LogP contribution in [0.25, 0.3) is 0 Å². The first kappa shape index (κ1) is 9.36. The van der Waals surface area contributed by atoms with Gasteiger partial charge in [0.15, 0.2) is 0 Å². The molecule has 12 heavy (non-hydrogen) atoms. The van der Waals surface area contributed by atoms with Crippen LogP contribution in [0.2, 0.25) is 0 Å². The quantitative estimate of drug-likeness (QED) is 0.399. The minimum Gasteiger partial charge on any atom is -0.392 e. The van der Waals surface area contributed by atoms with E-state index in [0.717, 1.165) is 0 Å². The Hall–Kier alpha value is -0.730. The highest BCUT2D eigenvalue weighted by molar-refractivity contribution is 5.82. The van der Waals surface area contributed by atoms with Gasteiger partial charge in [-0.3, -0.25) is 0 Å². The number of amidine groups is 1. The Kier molecular flexibility index (Phi) is 3.38. The maximum absolute atomic E-state index is 5.75. The molecule has 3 nitrogen and oxygen atoms in total. The molecule has 1 aliphatic carbocycles. The van der Waals surface area contributed by atoms with Crippen LogP contribution in [0.5, 0.6) is 0 Å². The van der Waals surface area contributed by atoms with Crippen LogP contribution < -0.4 is 5.73 Å². The van der Waals surface area contributed by atoms with E-state index >= 15 is 0 Å². The van der Waals surface area contributed by atoms with E-state index in [2.05, 4.69) is 5.16 Å². The second-order valence-electron chi connectivity index (χ2n) is 3.65. The Labute approximate surface area is 74.0 Å². The minimum atomic E-state index is 0.130. The molecule has 0 saturated heterocycles. The molecule has 70 valence electrons. The molecular formula is C9H18N2O. The van der Waals surface area contributed by atoms with Crippen molar-refractivity contribution in [3.8, 4) is 0 Å². The van der Waals surface area contributed by atoms with E-state index < -0.39 is 0 Å². The number of nitrogens with zero attached hydrogens (tertiary/aromatic N) is 1. The molecule has 1 saturated carbocycles. The van der Waals surface area contributed by atoms with E-state index in [0.29, 0.717) is 11.8 Å². The average molecular weight is 170 g/mol. The fourth-order valence-corrected chi connectivity index (χ4v) is 1.46. The van der Waals surface area contributed by atoms with Gasteiger partial charge in [-0.15, -0.1) is 0 Å². The number of oxime groups is 1. The van der Waals surface area contributed by atoms with Gasteiger partial charge in [0.1, 0.15) is 11.9 Å². The van der Waals surface area contributed by atoms with Gasteiger partial charge in [0.25, 0.3) is 0 Å². The normalized spacial score (nSPS) is 20.4. The Balaban J connectivity index is 2.34. The summed E-state index contributed by atoms with van der Waals surface area (Å²) in [7, 11) is 0. The molecule has 0 aromatic carbocycles. The summed E-state index contributed by atoms with van der Waals surface area (Å²) >= 11 is 0. The van der Waals surface area contributed by atoms with Crippen LogP contribution in [-0.2, 0) is 4.84 Å². The summed E-state index contributed by atoms with van der Waals surface area (Å²) in [5.41, 5.74) is 5.75. The van der Waals surface area contributed by atoms with E-state index in [4.69, 9.17) is 10.6 Å². The molecule has 1 fully saturated rings. The van der Waals surface area contributed by atoms with Crippen LogP contribution in [0.3, 0.4) is 0 Å². The summed E-state index contributed by atoms with van der Waals surface area (Å²) in [6.07, 6.45) is 5.04. The molecule has 0 unspecified atom stereocenters. The maximum atomic E-state index is 5.75. The van der Waals surface area contributed by atoms with Crippen molar-refractivity contribution in [3.05, 3.63) is 0 Å². The summed E-state index contributed by atoms with van der Waals surface area (Å²) in [6.45, 7) is 3.90. The third-order valence-electron chi connectivity index (χ3n) is 2.14. The molecule has 0 amide bonds. The molecule has 0 bridgehead atoms. The highest BCUT2D eigenvalue weighted by atomic mass is 16.6. The molecular weight excluding hydrogens is 152 g/mol. The number of hydrogen-bond acceptors (Lipinski definition) is 2. The molecule has 0 radical (unpaired) electrons. The predicted molar refractivity (Wildman–Crippen MR) is 49.8 cm³/mol. The molecule has 1 rings (SSSR count). The third-order valence-corrected chi connectivity index (χ3v) is 2.14. The molecule has 0 aromatic rings. The summed E-state index contributed by atoms with van der Waals surface area (Å²) in [6, 6.07) is 0. The fraction of sp³-hybridized carbons (Fsp3) is 0.889. The zero-order valence-electron chi connectivity index (χ0n) is 7.92. The van der Waals surface area contributed by atoms with E-state index in [9.17, 15) is 0 Å². The second kappa shape index (κ2) is 4.33. The lowest BCUT2D eigenvalue weighted by Gasteiger charge is -2.08. The van der Waals surface area contributed by atoms with Gasteiger partial charge in [0, 0.05) is 5.92 Å². The van der Waals surface area contributed by atoms with Crippen molar-refractivity contribution < 1.29 is 4.84 Å². The zero-order valence-corrected chi connectivity index (χ0v) is 7.92. The summed E-state index contributed by atoms with van der Waals surface area (Å²) in [5, 5.41) is 3.90. The lowest BCUT2D eigenvalue weighted by molar-refractivity contribution is 0.0843. The third kappa shape index (κ3) is 2.72. The van der Waals surface area contributed by atoms with Crippen LogP contribution in [0.15, 0.2) is 5.16 Å². The van der Waals surface area contributed by atoms with Crippen molar-refractivity contribution in [1.82, 2.24) is 0 Å². The van der Waals surface area contributed by atoms with Crippen molar-refractivity contribution >= 4 is 5.84 Å². The smallest absolute Gasteiger partial charge is 0.142 e. The van der Waals surface area contributed by atoms with Crippen molar-refractivity contribution in [3.63, 3.8) is 0 Å². The van der Waals surface area contributed by atoms with Gasteiger partial charge in [-0.25, -0.2) is 0 Å². The average Bonchev–Trinajstić information content (AvgIpc) is 2.51. The monoisotopic (exact) mass is 170 g/mol. The molecule has 0 heterocycles. The molecule has 0 aliphatic heterocycles. The minimum absolute atomic E-state index is 0.130. The lowest BCUT2D eigenvalue weighted by Crippen LogP contribution is -2.22. The van der Waals surface area contributed by atoms with Crippen LogP contribution in [0, 0.1) is 5.92 Å². The van der Waals surface area contributed by atoms with E-state index in [1.165, 1.54) is 25.7 Å². The predicted octanol–water partition coefficient (Wildman–Crippen LogP) is 1.87. The molecule has 3 heteroatoms. The van der Waals surface area contributed by atoms with Crippen molar-refractivity contribution in [2.75, 3.05) is 0 Å². The van der Waals surface area contributed by atoms with Gasteiger partial charge in [-0.05, 0) is 26.7 Å². The Morgan fingerprint density at radius 1 is 1.42 bits per heavy atom. The maximum Gasteiger partial charge on any atom is 0.142 e. The van der Waals surface area contributed by atoms with Crippen molar-refractivity contribution in [2.45, 2.75) is 45.6 Å². The van der Waals surface area contributed by atoms with Gasteiger partial charge in [0.05, 0.1) is 0 Å². The fourth-order valence-electron chi connectivity index (χ4n) is 1.46. The van der Waals surface area contributed by atoms with Gasteiger partial charge in [-0.2, -0.15) is 0 Å². The van der Waals surface area contributed by atoms with Gasteiger partial charge < -0.3 is 10.6 Å². The van der Waals surface area contributed by atoms with Crippen LogP contribution >= 0.6 is 0 Å². The molecule has 0 atom stereocenters. The number of hydrogen-bond donors (Lipinski definition) is 1. The first-order valence-corrected chi connectivity index (χ1v) is 4.69. The Morgan fingerprint density at radius 2 is 2.00 bits per heavy atom. The summed E-state index contributed by atoms with van der Waals surface area (Å²) in [4.78, 5) is 5.08. The van der Waals surface area contributed by atoms with E-state index in [1.807, 2.05) is 13.8 Å². The lowest BCUT2D eigenvalue weighted by atomic mass is 10.1. The topological polar surface area (TPSA) is 47.6 Å². The van der Waals surface area contributed by atoms with Crippen LogP contribution in [0.1, 0.15) is 39.5 Å². The number of rotatable bonds is 3. The van der Waals surface area contributed by atoms with Crippen LogP contribution in [-0.4, -0.2) is 11.9 Å². The largest absolute Gasteiger partial charge is 0.392 e. The molecule has 2 N–H and O–H groups in total. The van der Waals surface area contributed by atoms with Crippen molar-refractivity contribution in [1.29, 1.82) is 0 Å². The summed E-state index contributed by atoms with van der Waals surface area (Å²) in [5.74, 6) is 1.16. The Morgan fingerprint density at radius 3 is 2.50 bits per heavy atom. The van der Waals surface area contributed by atoms with Crippen molar-refractivity contribution in [2.24, 2.45) is 16.8 Å². The molecule has 1 aliphatic rings. The molecule has 0 aromatic heterocycles. The highest BCUT2D eigenvalue weighted by Crippen LogP contribution is 2.24. The van der Waals surface area contributed by atoms with Gasteiger partial charge >= 0.3 is 0 Å². The first-order chi connectivity index (χ1) is 5.70.